The second-order valence-electron chi connectivity index (χ2n) is 7.15. The van der Waals surface area contributed by atoms with Crippen molar-refractivity contribution in [1.82, 2.24) is 15.5 Å². The number of methoxy groups -OCH3 is 1. The topological polar surface area (TPSA) is 45.8 Å². The number of nitrogens with one attached hydrogen (secondary N) is 2. The summed E-state index contributed by atoms with van der Waals surface area (Å²) in [5, 5.41) is 6.92. The fourth-order valence-electron chi connectivity index (χ4n) is 3.26. The number of rotatable bonds is 9. The van der Waals surface area contributed by atoms with Gasteiger partial charge in [0.2, 0.25) is 0 Å². The van der Waals surface area contributed by atoms with Gasteiger partial charge in [-0.25, -0.2) is 0 Å². The lowest BCUT2D eigenvalue weighted by Gasteiger charge is -2.27. The predicted molar refractivity (Wildman–Crippen MR) is 117 cm³/mol. The molecule has 2 aromatic rings. The molecular formula is C22H30BrN3O2. The molecule has 152 valence electrons. The molecule has 0 atom stereocenters. The number of aryl methyl sites for hydroxylation is 1. The average molecular weight is 448 g/mol. The maximum absolute atomic E-state index is 6.04. The van der Waals surface area contributed by atoms with Crippen LogP contribution in [0.5, 0.6) is 11.5 Å². The second-order valence-corrected chi connectivity index (χ2v) is 8.01. The summed E-state index contributed by atoms with van der Waals surface area (Å²) in [7, 11) is 1.68. The minimum atomic E-state index is 0.511. The number of piperazine rings is 1. The van der Waals surface area contributed by atoms with Gasteiger partial charge in [-0.15, -0.1) is 0 Å². The van der Waals surface area contributed by atoms with Crippen molar-refractivity contribution in [2.75, 3.05) is 46.4 Å². The Morgan fingerprint density at radius 2 is 1.86 bits per heavy atom. The highest BCUT2D eigenvalue weighted by molar-refractivity contribution is 9.10. The standard InChI is InChI=1S/C22H30BrN3O2/c1-17-3-5-18(6-4-17)16-28-22-20(23)13-19(14-21(22)27-2)15-25-9-12-26-10-7-24-8-11-26/h3-6,13-14,24-25H,7-12,15-16H2,1-2H3. The smallest absolute Gasteiger partial charge is 0.175 e. The number of hydrogen-bond donors (Lipinski definition) is 2. The van der Waals surface area contributed by atoms with Crippen molar-refractivity contribution in [3.8, 4) is 11.5 Å². The molecule has 2 aromatic carbocycles. The van der Waals surface area contributed by atoms with Crippen molar-refractivity contribution in [3.63, 3.8) is 0 Å². The van der Waals surface area contributed by atoms with E-state index in [1.54, 1.807) is 7.11 Å². The number of ether oxygens (including phenoxy) is 2. The van der Waals surface area contributed by atoms with Crippen molar-refractivity contribution >= 4 is 15.9 Å². The van der Waals surface area contributed by atoms with E-state index in [0.29, 0.717) is 6.61 Å². The van der Waals surface area contributed by atoms with Gasteiger partial charge in [0.05, 0.1) is 11.6 Å². The van der Waals surface area contributed by atoms with Crippen LogP contribution in [0, 0.1) is 6.92 Å². The van der Waals surface area contributed by atoms with E-state index in [0.717, 1.165) is 67.3 Å². The zero-order valence-electron chi connectivity index (χ0n) is 16.8. The van der Waals surface area contributed by atoms with Gasteiger partial charge < -0.3 is 20.1 Å². The maximum atomic E-state index is 6.04. The van der Waals surface area contributed by atoms with Gasteiger partial charge in [0, 0.05) is 45.8 Å². The third-order valence-corrected chi connectivity index (χ3v) is 5.53. The molecular weight excluding hydrogens is 418 g/mol. The van der Waals surface area contributed by atoms with Crippen molar-refractivity contribution in [2.45, 2.75) is 20.1 Å². The van der Waals surface area contributed by atoms with Crippen LogP contribution in [-0.2, 0) is 13.2 Å². The normalized spacial score (nSPS) is 14.8. The number of halogens is 1. The third kappa shape index (κ3) is 6.21. The third-order valence-electron chi connectivity index (χ3n) is 4.94. The molecule has 1 fully saturated rings. The Bertz CT molecular complexity index is 746. The monoisotopic (exact) mass is 447 g/mol. The first kappa shape index (κ1) is 21.1. The van der Waals surface area contributed by atoms with Crippen LogP contribution in [0.15, 0.2) is 40.9 Å². The van der Waals surface area contributed by atoms with E-state index in [9.17, 15) is 0 Å². The van der Waals surface area contributed by atoms with Gasteiger partial charge >= 0.3 is 0 Å². The summed E-state index contributed by atoms with van der Waals surface area (Å²) in [5.74, 6) is 1.49. The minimum absolute atomic E-state index is 0.511. The van der Waals surface area contributed by atoms with Crippen LogP contribution in [0.25, 0.3) is 0 Å². The summed E-state index contributed by atoms with van der Waals surface area (Å²) in [6, 6.07) is 12.5. The molecule has 28 heavy (non-hydrogen) atoms. The Balaban J connectivity index is 1.53. The van der Waals surface area contributed by atoms with Crippen molar-refractivity contribution < 1.29 is 9.47 Å². The van der Waals surface area contributed by atoms with Gasteiger partial charge in [-0.05, 0) is 46.1 Å². The van der Waals surface area contributed by atoms with Gasteiger partial charge in [-0.2, -0.15) is 0 Å². The molecule has 0 aromatic heterocycles. The minimum Gasteiger partial charge on any atom is -0.493 e. The molecule has 0 radical (unpaired) electrons. The van der Waals surface area contributed by atoms with E-state index in [-0.39, 0.29) is 0 Å². The largest absolute Gasteiger partial charge is 0.493 e. The Morgan fingerprint density at radius 1 is 1.11 bits per heavy atom. The van der Waals surface area contributed by atoms with Crippen LogP contribution in [0.1, 0.15) is 16.7 Å². The van der Waals surface area contributed by atoms with Crippen LogP contribution in [0.3, 0.4) is 0 Å². The molecule has 1 aliphatic heterocycles. The van der Waals surface area contributed by atoms with E-state index in [1.807, 2.05) is 6.07 Å². The molecule has 0 unspecified atom stereocenters. The zero-order chi connectivity index (χ0) is 19.8. The summed E-state index contributed by atoms with van der Waals surface area (Å²) in [6.07, 6.45) is 0. The van der Waals surface area contributed by atoms with E-state index in [4.69, 9.17) is 9.47 Å². The molecule has 1 heterocycles. The summed E-state index contributed by atoms with van der Waals surface area (Å²) in [5.41, 5.74) is 3.56. The molecule has 0 saturated carbocycles. The van der Waals surface area contributed by atoms with Crippen LogP contribution in [0.2, 0.25) is 0 Å². The lowest BCUT2D eigenvalue weighted by atomic mass is 10.1. The van der Waals surface area contributed by atoms with E-state index < -0.39 is 0 Å². The molecule has 5 nitrogen and oxygen atoms in total. The Morgan fingerprint density at radius 3 is 2.57 bits per heavy atom. The summed E-state index contributed by atoms with van der Waals surface area (Å²) in [6.45, 7) is 9.91. The van der Waals surface area contributed by atoms with Gasteiger partial charge in [0.1, 0.15) is 6.61 Å². The molecule has 1 saturated heterocycles. The Kier molecular flexibility index (Phi) is 8.15. The first-order valence-corrected chi connectivity index (χ1v) is 10.6. The lowest BCUT2D eigenvalue weighted by molar-refractivity contribution is 0.241. The first-order valence-electron chi connectivity index (χ1n) is 9.84. The van der Waals surface area contributed by atoms with Gasteiger partial charge in [-0.1, -0.05) is 29.8 Å². The van der Waals surface area contributed by atoms with Crippen molar-refractivity contribution in [3.05, 3.63) is 57.6 Å². The Hall–Kier alpha value is -1.60. The Labute approximate surface area is 176 Å². The average Bonchev–Trinajstić information content (AvgIpc) is 2.72. The summed E-state index contributed by atoms with van der Waals surface area (Å²) >= 11 is 3.65. The second kappa shape index (κ2) is 10.8. The van der Waals surface area contributed by atoms with Gasteiger partial charge in [0.15, 0.2) is 11.5 Å². The van der Waals surface area contributed by atoms with Crippen LogP contribution < -0.4 is 20.1 Å². The van der Waals surface area contributed by atoms with Crippen LogP contribution >= 0.6 is 15.9 Å². The predicted octanol–water partition coefficient (Wildman–Crippen LogP) is 3.34. The van der Waals surface area contributed by atoms with E-state index in [1.165, 1.54) is 11.1 Å². The quantitative estimate of drug-likeness (QED) is 0.577. The molecule has 0 amide bonds. The molecule has 6 heteroatoms. The lowest BCUT2D eigenvalue weighted by Crippen LogP contribution is -2.45. The maximum Gasteiger partial charge on any atom is 0.175 e. The van der Waals surface area contributed by atoms with E-state index >= 15 is 0 Å². The number of nitrogens with zero attached hydrogens (tertiary/aromatic N) is 1. The first-order chi connectivity index (χ1) is 13.7. The molecule has 0 bridgehead atoms. The number of benzene rings is 2. The summed E-state index contributed by atoms with van der Waals surface area (Å²) < 4.78 is 12.5. The molecule has 0 aliphatic carbocycles. The van der Waals surface area contributed by atoms with Crippen molar-refractivity contribution in [2.24, 2.45) is 0 Å². The SMILES string of the molecule is COc1cc(CNCCN2CCNCC2)cc(Br)c1OCc1ccc(C)cc1. The van der Waals surface area contributed by atoms with E-state index in [2.05, 4.69) is 68.7 Å². The fraction of sp³-hybridized carbons (Fsp3) is 0.455. The van der Waals surface area contributed by atoms with Gasteiger partial charge in [-0.3, -0.25) is 4.90 Å². The molecule has 3 rings (SSSR count). The highest BCUT2D eigenvalue weighted by Crippen LogP contribution is 2.37. The number of hydrogen-bond acceptors (Lipinski definition) is 5. The fourth-order valence-corrected chi connectivity index (χ4v) is 3.86. The zero-order valence-corrected chi connectivity index (χ0v) is 18.3. The van der Waals surface area contributed by atoms with Crippen LogP contribution in [-0.4, -0.2) is 51.3 Å². The van der Waals surface area contributed by atoms with Crippen LogP contribution in [0.4, 0.5) is 0 Å². The molecule has 2 N–H and O–H groups in total. The van der Waals surface area contributed by atoms with Crippen molar-refractivity contribution in [1.29, 1.82) is 0 Å². The molecule has 1 aliphatic rings. The van der Waals surface area contributed by atoms with Gasteiger partial charge in [0.25, 0.3) is 0 Å². The summed E-state index contributed by atoms with van der Waals surface area (Å²) in [4.78, 5) is 2.49. The highest BCUT2D eigenvalue weighted by Gasteiger charge is 2.13. The molecule has 0 spiro atoms. The highest BCUT2D eigenvalue weighted by atomic mass is 79.9.